The zero-order chi connectivity index (χ0) is 16.9. The summed E-state index contributed by atoms with van der Waals surface area (Å²) in [6.07, 6.45) is 17.4. The van der Waals surface area contributed by atoms with Crippen LogP contribution in [-0.4, -0.2) is 12.4 Å². The Labute approximate surface area is 145 Å². The van der Waals surface area contributed by atoms with Crippen LogP contribution in [0.3, 0.4) is 0 Å². The van der Waals surface area contributed by atoms with Crippen LogP contribution in [0.2, 0.25) is 0 Å². The number of hydrogen-bond acceptors (Lipinski definition) is 2. The Bertz CT molecular complexity index is 664. The molecule has 0 amide bonds. The summed E-state index contributed by atoms with van der Waals surface area (Å²) < 4.78 is 5.92. The van der Waals surface area contributed by atoms with Crippen LogP contribution in [0.25, 0.3) is 0 Å². The first-order chi connectivity index (χ1) is 11.5. The molecule has 0 aromatic heterocycles. The van der Waals surface area contributed by atoms with Crippen molar-refractivity contribution in [3.05, 3.63) is 23.5 Å². The topological polar surface area (TPSA) is 26.3 Å². The highest BCUT2D eigenvalue weighted by Gasteiger charge is 2.57. The molecule has 4 rings (SSSR count). The van der Waals surface area contributed by atoms with E-state index in [-0.39, 0.29) is 10.8 Å². The molecule has 2 fully saturated rings. The first kappa shape index (κ1) is 16.0. The summed E-state index contributed by atoms with van der Waals surface area (Å²) in [5.74, 6) is 6.26. The molecule has 2 saturated carbocycles. The molecule has 128 valence electrons. The van der Waals surface area contributed by atoms with Gasteiger partial charge in [0.25, 0.3) is 0 Å². The van der Waals surface area contributed by atoms with Gasteiger partial charge in [0.15, 0.2) is 5.78 Å². The van der Waals surface area contributed by atoms with Gasteiger partial charge in [0, 0.05) is 11.8 Å². The molecular formula is C22H28O2. The number of rotatable bonds is 2. The molecule has 0 radical (unpaired) electrons. The zero-order valence-electron chi connectivity index (χ0n) is 14.9. The van der Waals surface area contributed by atoms with Gasteiger partial charge in [-0.1, -0.05) is 25.3 Å². The van der Waals surface area contributed by atoms with Gasteiger partial charge in [-0.2, -0.15) is 0 Å². The predicted octanol–water partition coefficient (Wildman–Crippen LogP) is 4.66. The normalized spacial score (nSPS) is 43.7. The molecule has 0 aliphatic heterocycles. The van der Waals surface area contributed by atoms with Gasteiger partial charge in [-0.05, 0) is 73.8 Å². The molecule has 2 nitrogen and oxygen atoms in total. The fourth-order valence-corrected chi connectivity index (χ4v) is 6.43. The maximum atomic E-state index is 11.9. The molecule has 4 aliphatic rings. The number of ketones is 1. The van der Waals surface area contributed by atoms with E-state index in [9.17, 15) is 4.79 Å². The summed E-state index contributed by atoms with van der Waals surface area (Å²) >= 11 is 0. The highest BCUT2D eigenvalue weighted by Crippen LogP contribution is 2.65. The van der Waals surface area contributed by atoms with E-state index in [0.717, 1.165) is 43.3 Å². The van der Waals surface area contributed by atoms with Gasteiger partial charge in [-0.25, -0.2) is 0 Å². The van der Waals surface area contributed by atoms with E-state index in [4.69, 9.17) is 11.2 Å². The SMILES string of the molecule is C#CCOC1=CC[C@@H]2[C@@H]3CCC4=CC(=O)CC[C@]4(C)[C@@H]3CC[C@]12C. The number of terminal acetylenes is 1. The lowest BCUT2D eigenvalue weighted by Gasteiger charge is -2.57. The molecule has 5 atom stereocenters. The molecule has 0 unspecified atom stereocenters. The van der Waals surface area contributed by atoms with Crippen molar-refractivity contribution in [2.75, 3.05) is 6.61 Å². The van der Waals surface area contributed by atoms with Gasteiger partial charge >= 0.3 is 0 Å². The van der Waals surface area contributed by atoms with E-state index in [0.29, 0.717) is 18.3 Å². The highest BCUT2D eigenvalue weighted by molar-refractivity contribution is 5.91. The van der Waals surface area contributed by atoms with Crippen LogP contribution in [0.4, 0.5) is 0 Å². The van der Waals surface area contributed by atoms with Gasteiger partial charge in [0.2, 0.25) is 0 Å². The summed E-state index contributed by atoms with van der Waals surface area (Å²) in [4.78, 5) is 11.9. The summed E-state index contributed by atoms with van der Waals surface area (Å²) in [6, 6.07) is 0. The lowest BCUT2D eigenvalue weighted by atomic mass is 9.47. The Morgan fingerprint density at radius 3 is 2.83 bits per heavy atom. The smallest absolute Gasteiger partial charge is 0.155 e. The second-order valence-electron chi connectivity index (χ2n) is 8.72. The minimum absolute atomic E-state index is 0.167. The van der Waals surface area contributed by atoms with Crippen LogP contribution in [0, 0.1) is 40.9 Å². The fourth-order valence-electron chi connectivity index (χ4n) is 6.43. The van der Waals surface area contributed by atoms with Crippen molar-refractivity contribution >= 4 is 5.78 Å². The van der Waals surface area contributed by atoms with Gasteiger partial charge in [-0.15, -0.1) is 6.42 Å². The first-order valence-corrected chi connectivity index (χ1v) is 9.50. The number of carbonyl (C=O) groups is 1. The Balaban J connectivity index is 1.61. The van der Waals surface area contributed by atoms with Gasteiger partial charge < -0.3 is 4.74 Å². The van der Waals surface area contributed by atoms with Gasteiger partial charge in [0.05, 0.1) is 5.76 Å². The number of allylic oxidation sites excluding steroid dienone is 4. The van der Waals surface area contributed by atoms with E-state index in [1.54, 1.807) is 0 Å². The molecule has 2 heteroatoms. The average Bonchev–Trinajstić information content (AvgIpc) is 2.90. The Morgan fingerprint density at radius 2 is 2.04 bits per heavy atom. The van der Waals surface area contributed by atoms with Crippen LogP contribution >= 0.6 is 0 Å². The van der Waals surface area contributed by atoms with Crippen molar-refractivity contribution < 1.29 is 9.53 Å². The van der Waals surface area contributed by atoms with Gasteiger partial charge in [0.1, 0.15) is 6.61 Å². The summed E-state index contributed by atoms with van der Waals surface area (Å²) in [6.45, 7) is 5.21. The number of carbonyl (C=O) groups excluding carboxylic acids is 1. The Hall–Kier alpha value is -1.49. The first-order valence-electron chi connectivity index (χ1n) is 9.50. The maximum absolute atomic E-state index is 11.9. The fraction of sp³-hybridized carbons (Fsp3) is 0.682. The third-order valence-electron chi connectivity index (χ3n) is 7.78. The second-order valence-corrected chi connectivity index (χ2v) is 8.72. The molecule has 24 heavy (non-hydrogen) atoms. The minimum Gasteiger partial charge on any atom is -0.485 e. The van der Waals surface area contributed by atoms with Crippen molar-refractivity contribution in [1.29, 1.82) is 0 Å². The predicted molar refractivity (Wildman–Crippen MR) is 95.0 cm³/mol. The van der Waals surface area contributed by atoms with E-state index < -0.39 is 0 Å². The Morgan fingerprint density at radius 1 is 1.21 bits per heavy atom. The van der Waals surface area contributed by atoms with Crippen LogP contribution in [-0.2, 0) is 9.53 Å². The van der Waals surface area contributed by atoms with Crippen molar-refractivity contribution in [1.82, 2.24) is 0 Å². The quantitative estimate of drug-likeness (QED) is 0.690. The lowest BCUT2D eigenvalue weighted by molar-refractivity contribution is -0.117. The van der Waals surface area contributed by atoms with Crippen LogP contribution in [0.5, 0.6) is 0 Å². The largest absolute Gasteiger partial charge is 0.485 e. The number of ether oxygens (including phenoxy) is 1. The monoisotopic (exact) mass is 324 g/mol. The molecule has 0 aromatic rings. The third-order valence-corrected chi connectivity index (χ3v) is 7.78. The molecule has 0 heterocycles. The average molecular weight is 324 g/mol. The van der Waals surface area contributed by atoms with Crippen molar-refractivity contribution in [2.24, 2.45) is 28.6 Å². The van der Waals surface area contributed by atoms with E-state index in [1.165, 1.54) is 24.8 Å². The van der Waals surface area contributed by atoms with E-state index >= 15 is 0 Å². The van der Waals surface area contributed by atoms with Gasteiger partial charge in [-0.3, -0.25) is 4.79 Å². The van der Waals surface area contributed by atoms with E-state index in [1.807, 2.05) is 6.08 Å². The van der Waals surface area contributed by atoms with Crippen LogP contribution < -0.4 is 0 Å². The van der Waals surface area contributed by atoms with E-state index in [2.05, 4.69) is 25.8 Å². The van der Waals surface area contributed by atoms with Crippen molar-refractivity contribution in [3.8, 4) is 12.3 Å². The third kappa shape index (κ3) is 2.13. The Kier molecular flexibility index (Phi) is 3.68. The highest BCUT2D eigenvalue weighted by atomic mass is 16.5. The summed E-state index contributed by atoms with van der Waals surface area (Å²) in [7, 11) is 0. The molecule has 0 spiro atoms. The van der Waals surface area contributed by atoms with Crippen molar-refractivity contribution in [3.63, 3.8) is 0 Å². The number of fused-ring (bicyclic) bond motifs is 5. The maximum Gasteiger partial charge on any atom is 0.155 e. The molecule has 0 aromatic carbocycles. The molecule has 4 aliphatic carbocycles. The minimum atomic E-state index is 0.167. The molecule has 0 N–H and O–H groups in total. The second kappa shape index (κ2) is 5.51. The number of hydrogen-bond donors (Lipinski definition) is 0. The lowest BCUT2D eigenvalue weighted by Crippen LogP contribution is -2.50. The summed E-state index contributed by atoms with van der Waals surface area (Å²) in [5, 5.41) is 0. The van der Waals surface area contributed by atoms with Crippen molar-refractivity contribution in [2.45, 2.75) is 58.8 Å². The zero-order valence-corrected chi connectivity index (χ0v) is 14.9. The standard InChI is InChI=1S/C22H28O2/c1-4-13-24-20-8-7-18-17-6-5-15-14-16(23)9-11-21(15,2)19(17)10-12-22(18,20)3/h1,8,14,17-19H,5-7,9-13H2,2-3H3/t17-,18+,19+,21-,22-/m0/s1. The summed E-state index contributed by atoms with van der Waals surface area (Å²) in [5.41, 5.74) is 1.86. The van der Waals surface area contributed by atoms with Crippen LogP contribution in [0.1, 0.15) is 58.8 Å². The molecular weight excluding hydrogens is 296 g/mol. The molecule has 0 saturated heterocycles. The van der Waals surface area contributed by atoms with Crippen LogP contribution in [0.15, 0.2) is 23.5 Å². The molecule has 0 bridgehead atoms.